The fourth-order valence-corrected chi connectivity index (χ4v) is 5.74. The van der Waals surface area contributed by atoms with Crippen molar-refractivity contribution in [3.05, 3.63) is 106 Å². The number of nitrogens with one attached hydrogen (secondary N) is 1. The SMILES string of the molecule is COc1ccc(C(C)C)c(-n2c(C)cs/c2=N\C(=O)N/C(C)=C(\C)c2ccc(-c3ncn(-c4ccc(OC(F)(F)F)cc4)n3)cc2)c1. The lowest BCUT2D eigenvalue weighted by atomic mass is 10.0. The van der Waals surface area contributed by atoms with Crippen molar-refractivity contribution < 1.29 is 27.4 Å². The standard InChI is InChI=1S/C34H33F3N6O3S/c1-20(2)29-16-15-28(45-6)17-30(29)43-21(3)18-47-33(43)40-32(44)39-23(5)22(4)24-7-9-25(10-8-24)31-38-19-42(41-31)26-11-13-27(14-12-26)46-34(35,36)37/h7-20H,1-6H3,(H,39,44)/b23-22+,40-33-. The van der Waals surface area contributed by atoms with E-state index in [2.05, 4.69) is 39.0 Å². The zero-order chi connectivity index (χ0) is 33.9. The molecule has 0 saturated heterocycles. The van der Waals surface area contributed by atoms with Gasteiger partial charge < -0.3 is 14.8 Å². The highest BCUT2D eigenvalue weighted by atomic mass is 32.1. The lowest BCUT2D eigenvalue weighted by Crippen LogP contribution is -2.24. The molecule has 0 radical (unpaired) electrons. The van der Waals surface area contributed by atoms with Gasteiger partial charge in [0.25, 0.3) is 0 Å². The molecule has 0 saturated carbocycles. The number of hydrogen-bond acceptors (Lipinski definition) is 6. The van der Waals surface area contributed by atoms with Crippen LogP contribution < -0.4 is 19.6 Å². The number of nitrogens with zero attached hydrogens (tertiary/aromatic N) is 5. The summed E-state index contributed by atoms with van der Waals surface area (Å²) in [5, 5.41) is 9.32. The van der Waals surface area contributed by atoms with E-state index in [1.54, 1.807) is 7.11 Å². The number of aromatic nitrogens is 4. The van der Waals surface area contributed by atoms with Gasteiger partial charge in [-0.05, 0) is 73.7 Å². The largest absolute Gasteiger partial charge is 0.573 e. The summed E-state index contributed by atoms with van der Waals surface area (Å²) in [5.41, 5.74) is 6.63. The van der Waals surface area contributed by atoms with E-state index in [1.807, 2.05) is 73.2 Å². The molecule has 13 heteroatoms. The average molecular weight is 663 g/mol. The van der Waals surface area contributed by atoms with Gasteiger partial charge in [-0.25, -0.2) is 14.5 Å². The number of amides is 2. The molecular weight excluding hydrogens is 629 g/mol. The molecule has 0 unspecified atom stereocenters. The average Bonchev–Trinajstić information content (AvgIpc) is 3.67. The molecule has 47 heavy (non-hydrogen) atoms. The van der Waals surface area contributed by atoms with Crippen molar-refractivity contribution in [3.8, 4) is 34.3 Å². The molecular formula is C34H33F3N6O3S. The van der Waals surface area contributed by atoms with Crippen LogP contribution in [0.1, 0.15) is 50.4 Å². The number of ether oxygens (including phenoxy) is 2. The third-order valence-electron chi connectivity index (χ3n) is 7.44. The van der Waals surface area contributed by atoms with Gasteiger partial charge in [-0.15, -0.1) is 29.6 Å². The quantitative estimate of drug-likeness (QED) is 0.181. The fraction of sp³-hybridized carbons (Fsp3) is 0.235. The Bertz CT molecular complexity index is 1990. The van der Waals surface area contributed by atoms with E-state index < -0.39 is 12.4 Å². The molecule has 0 atom stereocenters. The van der Waals surface area contributed by atoms with E-state index in [4.69, 9.17) is 4.74 Å². The second-order valence-electron chi connectivity index (χ2n) is 11.0. The molecule has 0 spiro atoms. The van der Waals surface area contributed by atoms with Crippen molar-refractivity contribution in [2.75, 3.05) is 7.11 Å². The molecule has 0 aliphatic heterocycles. The molecule has 0 bridgehead atoms. The maximum absolute atomic E-state index is 13.1. The predicted molar refractivity (Wildman–Crippen MR) is 175 cm³/mol. The van der Waals surface area contributed by atoms with Crippen LogP contribution in [0.15, 0.2) is 89.1 Å². The van der Waals surface area contributed by atoms with Gasteiger partial charge in [0.1, 0.15) is 17.8 Å². The lowest BCUT2D eigenvalue weighted by Gasteiger charge is -2.16. The van der Waals surface area contributed by atoms with Crippen LogP contribution in [-0.2, 0) is 0 Å². The summed E-state index contributed by atoms with van der Waals surface area (Å²) < 4.78 is 50.2. The second kappa shape index (κ2) is 13.7. The van der Waals surface area contributed by atoms with Crippen LogP contribution in [0, 0.1) is 6.92 Å². The monoisotopic (exact) mass is 662 g/mol. The van der Waals surface area contributed by atoms with E-state index in [0.29, 0.717) is 22.0 Å². The highest BCUT2D eigenvalue weighted by Crippen LogP contribution is 2.28. The van der Waals surface area contributed by atoms with Gasteiger partial charge in [-0.2, -0.15) is 4.99 Å². The van der Waals surface area contributed by atoms with Crippen molar-refractivity contribution >= 4 is 22.9 Å². The minimum Gasteiger partial charge on any atom is -0.497 e. The molecule has 5 aromatic rings. The van der Waals surface area contributed by atoms with Gasteiger partial charge in [0.05, 0.1) is 18.5 Å². The second-order valence-corrected chi connectivity index (χ2v) is 11.8. The number of allylic oxidation sites excluding steroid dienone is 2. The topological polar surface area (TPSA) is 95.6 Å². The third kappa shape index (κ3) is 7.80. The zero-order valence-corrected chi connectivity index (χ0v) is 27.4. The minimum atomic E-state index is -4.76. The Balaban J connectivity index is 1.32. The first-order valence-corrected chi connectivity index (χ1v) is 15.5. The lowest BCUT2D eigenvalue weighted by molar-refractivity contribution is -0.274. The summed E-state index contributed by atoms with van der Waals surface area (Å²) >= 11 is 1.39. The van der Waals surface area contributed by atoms with Crippen LogP contribution in [0.25, 0.3) is 28.3 Å². The molecule has 3 aromatic carbocycles. The van der Waals surface area contributed by atoms with Crippen molar-refractivity contribution in [2.24, 2.45) is 4.99 Å². The number of rotatable bonds is 8. The molecule has 0 fully saturated rings. The Morgan fingerprint density at radius 1 is 1.00 bits per heavy atom. The molecule has 1 N–H and O–H groups in total. The maximum Gasteiger partial charge on any atom is 0.573 e. The first kappa shape index (κ1) is 33.2. The molecule has 2 aromatic heterocycles. The molecule has 0 aliphatic rings. The Labute approximate surface area is 273 Å². The van der Waals surface area contributed by atoms with Crippen molar-refractivity contribution in [3.63, 3.8) is 0 Å². The van der Waals surface area contributed by atoms with Crippen LogP contribution in [0.5, 0.6) is 11.5 Å². The van der Waals surface area contributed by atoms with Crippen LogP contribution in [0.2, 0.25) is 0 Å². The van der Waals surface area contributed by atoms with E-state index in [-0.39, 0.29) is 11.7 Å². The highest BCUT2D eigenvalue weighted by molar-refractivity contribution is 7.07. The smallest absolute Gasteiger partial charge is 0.497 e. The Morgan fingerprint density at radius 3 is 2.32 bits per heavy atom. The molecule has 0 aliphatic carbocycles. The summed E-state index contributed by atoms with van der Waals surface area (Å²) in [4.78, 5) is 22.4. The van der Waals surface area contributed by atoms with Gasteiger partial charge in [0, 0.05) is 28.4 Å². The summed E-state index contributed by atoms with van der Waals surface area (Å²) in [6.45, 7) is 9.94. The summed E-state index contributed by atoms with van der Waals surface area (Å²) in [7, 11) is 1.62. The number of carbonyl (C=O) groups is 1. The van der Waals surface area contributed by atoms with E-state index in [0.717, 1.165) is 39.4 Å². The summed E-state index contributed by atoms with van der Waals surface area (Å²) in [5.74, 6) is 1.08. The first-order valence-electron chi connectivity index (χ1n) is 14.6. The molecule has 2 amide bonds. The number of thiazole rings is 1. The summed E-state index contributed by atoms with van der Waals surface area (Å²) in [6.07, 6.45) is -3.28. The van der Waals surface area contributed by atoms with E-state index in [9.17, 15) is 18.0 Å². The number of halogens is 3. The number of hydrogen-bond donors (Lipinski definition) is 1. The van der Waals surface area contributed by atoms with Crippen LogP contribution in [0.3, 0.4) is 0 Å². The van der Waals surface area contributed by atoms with Gasteiger partial charge >= 0.3 is 12.4 Å². The highest BCUT2D eigenvalue weighted by Gasteiger charge is 2.31. The van der Waals surface area contributed by atoms with Crippen LogP contribution in [-0.4, -0.2) is 38.8 Å². The fourth-order valence-electron chi connectivity index (χ4n) is 4.87. The minimum absolute atomic E-state index is 0.248. The van der Waals surface area contributed by atoms with E-state index in [1.165, 1.54) is 46.6 Å². The molecule has 5 rings (SSSR count). The van der Waals surface area contributed by atoms with Gasteiger partial charge in [0.15, 0.2) is 10.6 Å². The van der Waals surface area contributed by atoms with Gasteiger partial charge in [-0.3, -0.25) is 4.57 Å². The predicted octanol–water partition coefficient (Wildman–Crippen LogP) is 8.19. The van der Waals surface area contributed by atoms with Crippen LogP contribution in [0.4, 0.5) is 18.0 Å². The Morgan fingerprint density at radius 2 is 1.68 bits per heavy atom. The van der Waals surface area contributed by atoms with E-state index >= 15 is 0 Å². The molecule has 9 nitrogen and oxygen atoms in total. The van der Waals surface area contributed by atoms with Crippen molar-refractivity contribution in [1.29, 1.82) is 0 Å². The molecule has 2 heterocycles. The zero-order valence-electron chi connectivity index (χ0n) is 26.6. The normalized spacial score (nSPS) is 12.7. The maximum atomic E-state index is 13.1. The third-order valence-corrected chi connectivity index (χ3v) is 8.38. The Kier molecular flexibility index (Phi) is 9.66. The number of carbonyl (C=O) groups excluding carboxylic acids is 1. The number of alkyl halides is 3. The molecule has 244 valence electrons. The van der Waals surface area contributed by atoms with Gasteiger partial charge in [0.2, 0.25) is 0 Å². The number of aryl methyl sites for hydroxylation is 1. The van der Waals surface area contributed by atoms with Crippen molar-refractivity contribution in [1.82, 2.24) is 24.6 Å². The van der Waals surface area contributed by atoms with Gasteiger partial charge in [-0.1, -0.05) is 44.2 Å². The number of benzene rings is 3. The number of urea groups is 1. The Hall–Kier alpha value is -5.17. The van der Waals surface area contributed by atoms with Crippen LogP contribution >= 0.6 is 11.3 Å². The number of methoxy groups -OCH3 is 1. The summed E-state index contributed by atoms with van der Waals surface area (Å²) in [6, 6.07) is 18.3. The van der Waals surface area contributed by atoms with Crippen molar-refractivity contribution in [2.45, 2.75) is 46.9 Å². The first-order chi connectivity index (χ1) is 22.3.